The number of aromatic nitrogens is 1. The summed E-state index contributed by atoms with van der Waals surface area (Å²) in [6, 6.07) is 6.60. The molecule has 0 saturated carbocycles. The second kappa shape index (κ2) is 7.09. The Kier molecular flexibility index (Phi) is 5.40. The van der Waals surface area contributed by atoms with Gasteiger partial charge >= 0.3 is 6.09 Å². The van der Waals surface area contributed by atoms with Gasteiger partial charge in [0, 0.05) is 24.8 Å². The summed E-state index contributed by atoms with van der Waals surface area (Å²) in [4.78, 5) is 18.7. The molecule has 1 saturated heterocycles. The molecule has 1 N–H and O–H groups in total. The van der Waals surface area contributed by atoms with Gasteiger partial charge in [-0.25, -0.2) is 4.79 Å². The number of nitrogens with zero attached hydrogens (tertiary/aromatic N) is 2. The van der Waals surface area contributed by atoms with Crippen LogP contribution in [0.2, 0.25) is 0 Å². The minimum Gasteiger partial charge on any atom is -0.444 e. The highest BCUT2D eigenvalue weighted by Gasteiger charge is 2.30. The highest BCUT2D eigenvalue weighted by atomic mass is 16.6. The van der Waals surface area contributed by atoms with Gasteiger partial charge in [0.1, 0.15) is 5.60 Å². The molecule has 0 unspecified atom stereocenters. The number of alkyl carbamates (subject to hydrolysis) is 1. The molecule has 1 fully saturated rings. The normalized spacial score (nSPS) is 20.6. The highest BCUT2D eigenvalue weighted by Crippen LogP contribution is 2.27. The van der Waals surface area contributed by atoms with E-state index in [0.717, 1.165) is 25.1 Å². The number of hydrogen-bond acceptors (Lipinski definition) is 4. The summed E-state index contributed by atoms with van der Waals surface area (Å²) in [6.45, 7) is 9.45. The standard InChI is InChI=1S/C17H27N3O2/c1-13(15-9-5-6-10-18-15)20-11-7-8-14(20)12-19-16(21)22-17(2,3)4/h5-6,9-10,13-14H,7-8,11-12H2,1-4H3,(H,19,21)/t13-,14+/m0/s1. The molecule has 0 bridgehead atoms. The Balaban J connectivity index is 1.90. The molecule has 1 amide bonds. The number of likely N-dealkylation sites (tertiary alicyclic amines) is 1. The van der Waals surface area contributed by atoms with Crippen LogP contribution < -0.4 is 5.32 Å². The molecule has 22 heavy (non-hydrogen) atoms. The van der Waals surface area contributed by atoms with Gasteiger partial charge in [0.2, 0.25) is 0 Å². The van der Waals surface area contributed by atoms with E-state index in [-0.39, 0.29) is 12.1 Å². The Labute approximate surface area is 133 Å². The first-order chi connectivity index (χ1) is 10.4. The molecule has 0 spiro atoms. The van der Waals surface area contributed by atoms with Crippen LogP contribution in [0, 0.1) is 0 Å². The molecule has 122 valence electrons. The fourth-order valence-electron chi connectivity index (χ4n) is 2.90. The first-order valence-electron chi connectivity index (χ1n) is 8.00. The van der Waals surface area contributed by atoms with Gasteiger partial charge in [-0.3, -0.25) is 9.88 Å². The Hall–Kier alpha value is -1.62. The number of nitrogens with one attached hydrogen (secondary N) is 1. The van der Waals surface area contributed by atoms with Crippen molar-refractivity contribution in [2.45, 2.75) is 58.2 Å². The zero-order chi connectivity index (χ0) is 16.2. The zero-order valence-electron chi connectivity index (χ0n) is 14.0. The Bertz CT molecular complexity index is 484. The Morgan fingerprint density at radius 1 is 1.50 bits per heavy atom. The second-order valence-corrected chi connectivity index (χ2v) is 6.85. The molecule has 1 aliphatic heterocycles. The van der Waals surface area contributed by atoms with Crippen molar-refractivity contribution in [1.82, 2.24) is 15.2 Å². The van der Waals surface area contributed by atoms with Gasteiger partial charge in [-0.05, 0) is 59.2 Å². The quantitative estimate of drug-likeness (QED) is 0.928. The van der Waals surface area contributed by atoms with Gasteiger partial charge in [-0.15, -0.1) is 0 Å². The molecule has 2 atom stereocenters. The van der Waals surface area contributed by atoms with Crippen LogP contribution in [-0.4, -0.2) is 40.7 Å². The average molecular weight is 305 g/mol. The van der Waals surface area contributed by atoms with Crippen LogP contribution in [0.1, 0.15) is 52.3 Å². The van der Waals surface area contributed by atoms with E-state index >= 15 is 0 Å². The van der Waals surface area contributed by atoms with Gasteiger partial charge in [-0.2, -0.15) is 0 Å². The van der Waals surface area contributed by atoms with Crippen molar-refractivity contribution in [3.8, 4) is 0 Å². The summed E-state index contributed by atoms with van der Waals surface area (Å²) in [5.74, 6) is 0. The summed E-state index contributed by atoms with van der Waals surface area (Å²) in [7, 11) is 0. The predicted molar refractivity (Wildman–Crippen MR) is 86.6 cm³/mol. The number of carbonyl (C=O) groups excluding carboxylic acids is 1. The highest BCUT2D eigenvalue weighted by molar-refractivity contribution is 5.67. The number of carbonyl (C=O) groups is 1. The third-order valence-corrected chi connectivity index (χ3v) is 3.92. The number of hydrogen-bond donors (Lipinski definition) is 1. The van der Waals surface area contributed by atoms with Crippen LogP contribution in [0.4, 0.5) is 4.79 Å². The summed E-state index contributed by atoms with van der Waals surface area (Å²) in [6.07, 6.45) is 3.73. The topological polar surface area (TPSA) is 54.5 Å². The van der Waals surface area contributed by atoms with Crippen LogP contribution in [0.3, 0.4) is 0 Å². The molecule has 5 nitrogen and oxygen atoms in total. The predicted octanol–water partition coefficient (Wildman–Crippen LogP) is 3.13. The molecule has 0 aliphatic carbocycles. The second-order valence-electron chi connectivity index (χ2n) is 6.85. The van der Waals surface area contributed by atoms with Gasteiger partial charge in [-0.1, -0.05) is 6.07 Å². The molecule has 1 aromatic heterocycles. The van der Waals surface area contributed by atoms with Crippen molar-refractivity contribution < 1.29 is 9.53 Å². The van der Waals surface area contributed by atoms with Gasteiger partial charge in [0.25, 0.3) is 0 Å². The van der Waals surface area contributed by atoms with Gasteiger partial charge in [0.05, 0.1) is 5.69 Å². The molecule has 5 heteroatoms. The van der Waals surface area contributed by atoms with Crippen LogP contribution in [0.25, 0.3) is 0 Å². The van der Waals surface area contributed by atoms with E-state index in [1.807, 2.05) is 39.1 Å². The number of rotatable bonds is 4. The largest absolute Gasteiger partial charge is 0.444 e. The van der Waals surface area contributed by atoms with E-state index in [1.54, 1.807) is 0 Å². The molecule has 2 heterocycles. The van der Waals surface area contributed by atoms with Crippen LogP contribution in [0.5, 0.6) is 0 Å². The minimum absolute atomic E-state index is 0.258. The number of amides is 1. The maximum atomic E-state index is 11.8. The zero-order valence-corrected chi connectivity index (χ0v) is 14.0. The third-order valence-electron chi connectivity index (χ3n) is 3.92. The van der Waals surface area contributed by atoms with E-state index in [1.165, 1.54) is 0 Å². The molecule has 1 aromatic rings. The van der Waals surface area contributed by atoms with Crippen molar-refractivity contribution in [2.75, 3.05) is 13.1 Å². The molecule has 0 radical (unpaired) electrons. The van der Waals surface area contributed by atoms with E-state index in [9.17, 15) is 4.79 Å². The number of ether oxygens (including phenoxy) is 1. The molecule has 1 aliphatic rings. The summed E-state index contributed by atoms with van der Waals surface area (Å²) in [5.41, 5.74) is 0.618. The summed E-state index contributed by atoms with van der Waals surface area (Å²) in [5, 5.41) is 2.89. The van der Waals surface area contributed by atoms with Crippen molar-refractivity contribution in [3.63, 3.8) is 0 Å². The smallest absolute Gasteiger partial charge is 0.407 e. The maximum absolute atomic E-state index is 11.8. The average Bonchev–Trinajstić information content (AvgIpc) is 2.92. The van der Waals surface area contributed by atoms with Crippen molar-refractivity contribution in [1.29, 1.82) is 0 Å². The van der Waals surface area contributed by atoms with Crippen molar-refractivity contribution in [3.05, 3.63) is 30.1 Å². The molecular weight excluding hydrogens is 278 g/mol. The lowest BCUT2D eigenvalue weighted by Crippen LogP contribution is -2.43. The van der Waals surface area contributed by atoms with Crippen molar-refractivity contribution in [2.24, 2.45) is 0 Å². The van der Waals surface area contributed by atoms with Gasteiger partial charge < -0.3 is 10.1 Å². The molecule has 2 rings (SSSR count). The van der Waals surface area contributed by atoms with E-state index in [4.69, 9.17) is 4.74 Å². The minimum atomic E-state index is -0.458. The summed E-state index contributed by atoms with van der Waals surface area (Å²) >= 11 is 0. The van der Waals surface area contributed by atoms with E-state index in [2.05, 4.69) is 28.2 Å². The van der Waals surface area contributed by atoms with Crippen molar-refractivity contribution >= 4 is 6.09 Å². The van der Waals surface area contributed by atoms with Crippen LogP contribution in [0.15, 0.2) is 24.4 Å². The fourth-order valence-corrected chi connectivity index (χ4v) is 2.90. The Morgan fingerprint density at radius 3 is 2.91 bits per heavy atom. The van der Waals surface area contributed by atoms with Crippen LogP contribution >= 0.6 is 0 Å². The lowest BCUT2D eigenvalue weighted by molar-refractivity contribution is 0.0507. The maximum Gasteiger partial charge on any atom is 0.407 e. The van der Waals surface area contributed by atoms with Gasteiger partial charge in [0.15, 0.2) is 0 Å². The summed E-state index contributed by atoms with van der Waals surface area (Å²) < 4.78 is 5.30. The van der Waals surface area contributed by atoms with Crippen LogP contribution in [-0.2, 0) is 4.74 Å². The fraction of sp³-hybridized carbons (Fsp3) is 0.647. The lowest BCUT2D eigenvalue weighted by Gasteiger charge is -2.30. The SMILES string of the molecule is C[C@@H](c1ccccn1)N1CCC[C@@H]1CNC(=O)OC(C)(C)C. The Morgan fingerprint density at radius 2 is 2.27 bits per heavy atom. The third kappa shape index (κ3) is 4.70. The first-order valence-corrected chi connectivity index (χ1v) is 8.00. The first kappa shape index (κ1) is 16.7. The van der Waals surface area contributed by atoms with E-state index < -0.39 is 5.60 Å². The molecule has 0 aromatic carbocycles. The molecular formula is C17H27N3O2. The lowest BCUT2D eigenvalue weighted by atomic mass is 10.1. The van der Waals surface area contributed by atoms with E-state index in [0.29, 0.717) is 12.6 Å². The number of pyridine rings is 1. The monoisotopic (exact) mass is 305 g/mol.